The maximum absolute atomic E-state index is 4.37. The molecule has 0 amide bonds. The molecule has 0 atom stereocenters. The van der Waals surface area contributed by atoms with E-state index >= 15 is 0 Å². The van der Waals surface area contributed by atoms with Crippen LogP contribution in [0.2, 0.25) is 0 Å². The van der Waals surface area contributed by atoms with Crippen LogP contribution in [0.3, 0.4) is 0 Å². The van der Waals surface area contributed by atoms with Crippen molar-refractivity contribution in [3.63, 3.8) is 0 Å². The lowest BCUT2D eigenvalue weighted by molar-refractivity contribution is 0.453. The summed E-state index contributed by atoms with van der Waals surface area (Å²) in [6.45, 7) is 1.22. The van der Waals surface area contributed by atoms with E-state index in [9.17, 15) is 0 Å². The fourth-order valence-electron chi connectivity index (χ4n) is 1.90. The molecule has 1 heterocycles. The van der Waals surface area contributed by atoms with Gasteiger partial charge in [-0.15, -0.1) is 11.3 Å². The Kier molecular flexibility index (Phi) is 2.10. The van der Waals surface area contributed by atoms with Gasteiger partial charge < -0.3 is 5.32 Å². The second-order valence-corrected chi connectivity index (χ2v) is 5.74. The van der Waals surface area contributed by atoms with Gasteiger partial charge in [0.2, 0.25) is 0 Å². The monoisotopic (exact) mass is 208 g/mol. The van der Waals surface area contributed by atoms with Crippen LogP contribution in [0.4, 0.5) is 0 Å². The quantitative estimate of drug-likeness (QED) is 0.802. The van der Waals surface area contributed by atoms with Gasteiger partial charge in [-0.3, -0.25) is 0 Å². The van der Waals surface area contributed by atoms with E-state index in [0.29, 0.717) is 5.41 Å². The summed E-state index contributed by atoms with van der Waals surface area (Å²) in [6.07, 6.45) is 8.70. The van der Waals surface area contributed by atoms with Crippen molar-refractivity contribution in [2.45, 2.75) is 38.1 Å². The Morgan fingerprint density at radius 1 is 1.50 bits per heavy atom. The van der Waals surface area contributed by atoms with Crippen molar-refractivity contribution in [3.8, 4) is 0 Å². The molecular weight excluding hydrogens is 192 g/mol. The number of nitrogens with one attached hydrogen (secondary N) is 1. The van der Waals surface area contributed by atoms with Gasteiger partial charge in [-0.1, -0.05) is 0 Å². The highest BCUT2D eigenvalue weighted by Gasteiger charge is 2.43. The van der Waals surface area contributed by atoms with Crippen molar-refractivity contribution in [1.82, 2.24) is 10.3 Å². The smallest absolute Gasteiger partial charge is 0.0930 e. The molecule has 0 bridgehead atoms. The molecule has 76 valence electrons. The first-order valence-electron chi connectivity index (χ1n) is 5.48. The van der Waals surface area contributed by atoms with Gasteiger partial charge in [0, 0.05) is 30.6 Å². The number of aromatic nitrogens is 1. The van der Waals surface area contributed by atoms with E-state index in [1.807, 2.05) is 6.20 Å². The summed E-state index contributed by atoms with van der Waals surface area (Å²) in [5, 5.41) is 7.05. The molecule has 0 radical (unpaired) electrons. The Bertz CT molecular complexity index is 299. The van der Waals surface area contributed by atoms with Gasteiger partial charge in [0.05, 0.1) is 5.01 Å². The highest BCUT2D eigenvalue weighted by atomic mass is 32.1. The molecular formula is C11H16N2S. The predicted octanol–water partition coefficient (Wildman–Crippen LogP) is 2.22. The van der Waals surface area contributed by atoms with E-state index in [-0.39, 0.29) is 0 Å². The van der Waals surface area contributed by atoms with E-state index in [4.69, 9.17) is 0 Å². The van der Waals surface area contributed by atoms with Crippen molar-refractivity contribution >= 4 is 11.3 Å². The summed E-state index contributed by atoms with van der Waals surface area (Å²) < 4.78 is 0. The fraction of sp³-hybridized carbons (Fsp3) is 0.727. The van der Waals surface area contributed by atoms with Crippen LogP contribution in [0, 0.1) is 5.41 Å². The summed E-state index contributed by atoms with van der Waals surface area (Å²) in [4.78, 5) is 4.37. The van der Waals surface area contributed by atoms with Gasteiger partial charge in [-0.25, -0.2) is 4.98 Å². The normalized spacial score (nSPS) is 23.7. The second kappa shape index (κ2) is 3.31. The van der Waals surface area contributed by atoms with Crippen LogP contribution in [-0.2, 0) is 6.42 Å². The van der Waals surface area contributed by atoms with E-state index < -0.39 is 0 Å². The first-order valence-corrected chi connectivity index (χ1v) is 6.36. The van der Waals surface area contributed by atoms with E-state index in [0.717, 1.165) is 6.04 Å². The Morgan fingerprint density at radius 2 is 2.36 bits per heavy atom. The number of hydrogen-bond acceptors (Lipinski definition) is 3. The van der Waals surface area contributed by atoms with E-state index in [2.05, 4.69) is 15.7 Å². The van der Waals surface area contributed by atoms with E-state index in [1.54, 1.807) is 11.3 Å². The van der Waals surface area contributed by atoms with Crippen molar-refractivity contribution in [1.29, 1.82) is 0 Å². The number of rotatable bonds is 5. The van der Waals surface area contributed by atoms with Crippen LogP contribution in [0.1, 0.15) is 30.7 Å². The van der Waals surface area contributed by atoms with Gasteiger partial charge in [-0.2, -0.15) is 0 Å². The molecule has 0 aliphatic heterocycles. The molecule has 0 unspecified atom stereocenters. The molecule has 0 saturated heterocycles. The van der Waals surface area contributed by atoms with Crippen molar-refractivity contribution < 1.29 is 0 Å². The summed E-state index contributed by atoms with van der Waals surface area (Å²) >= 11 is 1.80. The molecule has 3 heteroatoms. The first kappa shape index (κ1) is 8.86. The lowest BCUT2D eigenvalue weighted by Crippen LogP contribution is -2.27. The Morgan fingerprint density at radius 3 is 2.93 bits per heavy atom. The highest BCUT2D eigenvalue weighted by Crippen LogP contribution is 2.48. The Labute approximate surface area is 88.7 Å². The van der Waals surface area contributed by atoms with Gasteiger partial charge in [0.25, 0.3) is 0 Å². The summed E-state index contributed by atoms with van der Waals surface area (Å²) in [7, 11) is 0. The molecule has 1 N–H and O–H groups in total. The molecule has 14 heavy (non-hydrogen) atoms. The minimum Gasteiger partial charge on any atom is -0.313 e. The molecule has 0 aromatic carbocycles. The molecule has 0 spiro atoms. The predicted molar refractivity (Wildman–Crippen MR) is 58.5 cm³/mol. The van der Waals surface area contributed by atoms with Crippen LogP contribution < -0.4 is 5.32 Å². The average Bonchev–Trinajstić information content (AvgIpc) is 3.07. The molecule has 1 aromatic heterocycles. The lowest BCUT2D eigenvalue weighted by atomic mass is 10.0. The van der Waals surface area contributed by atoms with Gasteiger partial charge >= 0.3 is 0 Å². The number of thiazole rings is 1. The molecule has 1 aromatic rings. The average molecular weight is 208 g/mol. The third-order valence-electron chi connectivity index (χ3n) is 3.31. The van der Waals surface area contributed by atoms with Gasteiger partial charge in [0.1, 0.15) is 0 Å². The van der Waals surface area contributed by atoms with Crippen LogP contribution in [0.15, 0.2) is 11.6 Å². The van der Waals surface area contributed by atoms with Crippen LogP contribution in [0.5, 0.6) is 0 Å². The zero-order valence-electron chi connectivity index (χ0n) is 8.33. The maximum atomic E-state index is 4.37. The summed E-state index contributed by atoms with van der Waals surface area (Å²) in [5.74, 6) is 0. The topological polar surface area (TPSA) is 24.9 Å². The van der Waals surface area contributed by atoms with Crippen LogP contribution in [0.25, 0.3) is 0 Å². The fourth-order valence-corrected chi connectivity index (χ4v) is 2.69. The van der Waals surface area contributed by atoms with Crippen LogP contribution in [-0.4, -0.2) is 17.6 Å². The molecule has 2 aliphatic rings. The first-order chi connectivity index (χ1) is 6.86. The van der Waals surface area contributed by atoms with Crippen molar-refractivity contribution in [3.05, 3.63) is 16.6 Å². The summed E-state index contributed by atoms with van der Waals surface area (Å²) in [5.41, 5.74) is 0.584. The third-order valence-corrected chi connectivity index (χ3v) is 4.09. The zero-order chi connectivity index (χ0) is 9.43. The Balaban J connectivity index is 1.54. The molecule has 2 nitrogen and oxygen atoms in total. The maximum Gasteiger partial charge on any atom is 0.0930 e. The second-order valence-electron chi connectivity index (χ2n) is 4.76. The molecule has 2 aliphatic carbocycles. The largest absolute Gasteiger partial charge is 0.313 e. The van der Waals surface area contributed by atoms with Crippen molar-refractivity contribution in [2.24, 2.45) is 5.41 Å². The highest BCUT2D eigenvalue weighted by molar-refractivity contribution is 7.09. The lowest BCUT2D eigenvalue weighted by Gasteiger charge is -2.13. The third kappa shape index (κ3) is 1.98. The SMILES string of the molecule is c1csc(CC2(CNC3CC3)CC2)n1. The molecule has 2 saturated carbocycles. The molecule has 3 rings (SSSR count). The summed E-state index contributed by atoms with van der Waals surface area (Å²) in [6, 6.07) is 0.851. The van der Waals surface area contributed by atoms with E-state index in [1.165, 1.54) is 43.7 Å². The standard InChI is InChI=1S/C11H16N2S/c1-2-9(1)13-8-11(3-4-11)7-10-12-5-6-14-10/h5-6,9,13H,1-4,7-8H2. The van der Waals surface area contributed by atoms with Crippen LogP contribution >= 0.6 is 11.3 Å². The number of hydrogen-bond donors (Lipinski definition) is 1. The van der Waals surface area contributed by atoms with Crippen molar-refractivity contribution in [2.75, 3.05) is 6.54 Å². The van der Waals surface area contributed by atoms with Gasteiger partial charge in [-0.05, 0) is 31.1 Å². The molecule has 2 fully saturated rings. The zero-order valence-corrected chi connectivity index (χ0v) is 9.15. The Hall–Kier alpha value is -0.410. The number of nitrogens with zero attached hydrogens (tertiary/aromatic N) is 1. The van der Waals surface area contributed by atoms with Gasteiger partial charge in [0.15, 0.2) is 0 Å². The minimum atomic E-state index is 0.584. The minimum absolute atomic E-state index is 0.584.